The molecule has 0 saturated carbocycles. The molecule has 1 saturated heterocycles. The zero-order valence-corrected chi connectivity index (χ0v) is 15.9. The summed E-state index contributed by atoms with van der Waals surface area (Å²) in [7, 11) is 0. The summed E-state index contributed by atoms with van der Waals surface area (Å²) in [6.07, 6.45) is 2.39. The lowest BCUT2D eigenvalue weighted by molar-refractivity contribution is 0.201. The third-order valence-corrected chi connectivity index (χ3v) is 6.17. The second-order valence-electron chi connectivity index (χ2n) is 7.63. The molecule has 0 spiro atoms. The molecule has 2 aromatic carbocycles. The Labute approximate surface area is 163 Å². The van der Waals surface area contributed by atoms with Gasteiger partial charge in [-0.1, -0.05) is 23.7 Å². The molecular formula is C21H23ClFN3O. The highest BCUT2D eigenvalue weighted by atomic mass is 35.5. The summed E-state index contributed by atoms with van der Waals surface area (Å²) in [5.41, 5.74) is 3.34. The van der Waals surface area contributed by atoms with Crippen molar-refractivity contribution in [1.82, 2.24) is 4.90 Å². The van der Waals surface area contributed by atoms with Crippen LogP contribution in [-0.2, 0) is 0 Å². The molecule has 4 nitrogen and oxygen atoms in total. The monoisotopic (exact) mass is 387 g/mol. The third-order valence-electron chi connectivity index (χ3n) is 5.95. The minimum atomic E-state index is -0.135. The van der Waals surface area contributed by atoms with Gasteiger partial charge in [-0.2, -0.15) is 0 Å². The number of nitrogens with zero attached hydrogens (tertiary/aromatic N) is 2. The van der Waals surface area contributed by atoms with Crippen LogP contribution in [0.2, 0.25) is 5.02 Å². The molecule has 0 aliphatic carbocycles. The van der Waals surface area contributed by atoms with Crippen LogP contribution in [-0.4, -0.2) is 43.9 Å². The molecule has 2 aromatic rings. The quantitative estimate of drug-likeness (QED) is 0.849. The lowest BCUT2D eigenvalue weighted by atomic mass is 9.89. The minimum absolute atomic E-state index is 0.135. The van der Waals surface area contributed by atoms with Gasteiger partial charge in [0.25, 0.3) is 0 Å². The van der Waals surface area contributed by atoms with Crippen LogP contribution in [0.1, 0.15) is 24.3 Å². The molecule has 27 heavy (non-hydrogen) atoms. The van der Waals surface area contributed by atoms with Gasteiger partial charge in [0.05, 0.1) is 12.2 Å². The molecule has 6 heteroatoms. The second kappa shape index (κ2) is 6.88. The van der Waals surface area contributed by atoms with E-state index in [0.717, 1.165) is 61.7 Å². The fourth-order valence-corrected chi connectivity index (χ4v) is 4.83. The molecule has 1 unspecified atom stereocenters. The Hall–Kier alpha value is -1.98. The Balaban J connectivity index is 1.24. The summed E-state index contributed by atoms with van der Waals surface area (Å²) >= 11 is 6.23. The van der Waals surface area contributed by atoms with E-state index in [4.69, 9.17) is 16.3 Å². The first kappa shape index (κ1) is 17.1. The highest BCUT2D eigenvalue weighted by molar-refractivity contribution is 6.31. The van der Waals surface area contributed by atoms with E-state index < -0.39 is 0 Å². The highest BCUT2D eigenvalue weighted by Crippen LogP contribution is 2.46. The summed E-state index contributed by atoms with van der Waals surface area (Å²) in [6.45, 7) is 4.61. The summed E-state index contributed by atoms with van der Waals surface area (Å²) < 4.78 is 19.3. The van der Waals surface area contributed by atoms with Crippen molar-refractivity contribution in [2.24, 2.45) is 0 Å². The fourth-order valence-electron chi connectivity index (χ4n) is 4.62. The molecule has 5 rings (SSSR count). The van der Waals surface area contributed by atoms with Gasteiger partial charge < -0.3 is 15.0 Å². The van der Waals surface area contributed by atoms with Gasteiger partial charge in [-0.15, -0.1) is 0 Å². The first-order valence-corrected chi connectivity index (χ1v) is 10.0. The molecule has 0 bridgehead atoms. The zero-order chi connectivity index (χ0) is 18.4. The predicted octanol–water partition coefficient (Wildman–Crippen LogP) is 4.31. The number of hydrogen-bond acceptors (Lipinski definition) is 4. The summed E-state index contributed by atoms with van der Waals surface area (Å²) in [4.78, 5) is 4.92. The number of ether oxygens (including phenoxy) is 1. The van der Waals surface area contributed by atoms with Crippen LogP contribution in [0.15, 0.2) is 36.4 Å². The second-order valence-corrected chi connectivity index (χ2v) is 8.07. The van der Waals surface area contributed by atoms with Crippen molar-refractivity contribution >= 4 is 23.0 Å². The lowest BCUT2D eigenvalue weighted by Crippen LogP contribution is -2.49. The van der Waals surface area contributed by atoms with Gasteiger partial charge in [0.15, 0.2) is 0 Å². The average molecular weight is 388 g/mol. The van der Waals surface area contributed by atoms with Crippen molar-refractivity contribution in [3.63, 3.8) is 0 Å². The van der Waals surface area contributed by atoms with E-state index in [2.05, 4.69) is 21.2 Å². The molecule has 0 amide bonds. The van der Waals surface area contributed by atoms with Crippen LogP contribution in [0.4, 0.5) is 15.8 Å². The molecular weight excluding hydrogens is 365 g/mol. The van der Waals surface area contributed by atoms with Gasteiger partial charge in [0.2, 0.25) is 0 Å². The van der Waals surface area contributed by atoms with Gasteiger partial charge in [0.1, 0.15) is 30.0 Å². The van der Waals surface area contributed by atoms with E-state index in [1.54, 1.807) is 6.07 Å². The number of anilines is 2. The summed E-state index contributed by atoms with van der Waals surface area (Å²) in [5.74, 6) is 1.20. The Morgan fingerprint density at radius 2 is 2.00 bits per heavy atom. The smallest absolute Gasteiger partial charge is 0.146 e. The minimum Gasteiger partial charge on any atom is -0.489 e. The van der Waals surface area contributed by atoms with Crippen LogP contribution in [0.25, 0.3) is 0 Å². The molecule has 142 valence electrons. The Kier molecular flexibility index (Phi) is 4.37. The fraction of sp³-hybridized carbons (Fsp3) is 0.429. The molecule has 3 aliphatic heterocycles. The van der Waals surface area contributed by atoms with Gasteiger partial charge in [-0.25, -0.2) is 4.39 Å². The molecule has 0 radical (unpaired) electrons. The van der Waals surface area contributed by atoms with Gasteiger partial charge in [0, 0.05) is 17.6 Å². The predicted molar refractivity (Wildman–Crippen MR) is 107 cm³/mol. The normalized spacial score (nSPS) is 22.3. The lowest BCUT2D eigenvalue weighted by Gasteiger charge is -2.37. The number of likely N-dealkylation sites (tertiary alicyclic amines) is 1. The van der Waals surface area contributed by atoms with Crippen LogP contribution in [0, 0.1) is 5.82 Å². The topological polar surface area (TPSA) is 27.7 Å². The van der Waals surface area contributed by atoms with Gasteiger partial charge >= 0.3 is 0 Å². The van der Waals surface area contributed by atoms with E-state index in [9.17, 15) is 4.39 Å². The first-order valence-electron chi connectivity index (χ1n) is 9.65. The Bertz CT molecular complexity index is 853. The van der Waals surface area contributed by atoms with Crippen LogP contribution in [0.5, 0.6) is 5.75 Å². The van der Waals surface area contributed by atoms with Crippen molar-refractivity contribution in [2.45, 2.75) is 24.9 Å². The SMILES string of the molecule is Fc1cccc(C2CCN(CC3Nc4cc(Cl)cc5c4N3CCO5)CC2)c1. The van der Waals surface area contributed by atoms with Gasteiger partial charge in [-0.3, -0.25) is 4.90 Å². The molecule has 0 aromatic heterocycles. The largest absolute Gasteiger partial charge is 0.489 e. The number of hydrogen-bond donors (Lipinski definition) is 1. The van der Waals surface area contributed by atoms with E-state index in [1.165, 1.54) is 6.07 Å². The zero-order valence-electron chi connectivity index (χ0n) is 15.1. The Morgan fingerprint density at radius 3 is 2.81 bits per heavy atom. The molecule has 1 atom stereocenters. The molecule has 1 fully saturated rings. The third kappa shape index (κ3) is 3.23. The highest BCUT2D eigenvalue weighted by Gasteiger charge is 2.36. The number of piperidine rings is 1. The summed E-state index contributed by atoms with van der Waals surface area (Å²) in [5, 5.41) is 4.33. The molecule has 3 heterocycles. The maximum atomic E-state index is 13.5. The Morgan fingerprint density at radius 1 is 1.15 bits per heavy atom. The number of rotatable bonds is 3. The molecule has 3 aliphatic rings. The van der Waals surface area contributed by atoms with Gasteiger partial charge in [-0.05, 0) is 55.6 Å². The average Bonchev–Trinajstić information content (AvgIpc) is 3.01. The van der Waals surface area contributed by atoms with Crippen molar-refractivity contribution in [2.75, 3.05) is 43.0 Å². The van der Waals surface area contributed by atoms with Crippen LogP contribution in [0.3, 0.4) is 0 Å². The number of halogens is 2. The maximum absolute atomic E-state index is 13.5. The summed E-state index contributed by atoms with van der Waals surface area (Å²) in [6, 6.07) is 11.0. The van der Waals surface area contributed by atoms with Crippen molar-refractivity contribution in [3.05, 3.63) is 52.8 Å². The van der Waals surface area contributed by atoms with Crippen LogP contribution < -0.4 is 15.0 Å². The van der Waals surface area contributed by atoms with Crippen LogP contribution >= 0.6 is 11.6 Å². The standard InChI is InChI=1S/C21H23ClFN3O/c22-16-11-18-21-19(12-16)27-9-8-26(21)20(24-18)13-25-6-4-14(5-7-25)15-2-1-3-17(23)10-15/h1-3,10-12,14,20,24H,4-9,13H2. The van der Waals surface area contributed by atoms with Crippen molar-refractivity contribution in [1.29, 1.82) is 0 Å². The van der Waals surface area contributed by atoms with Crippen molar-refractivity contribution < 1.29 is 9.13 Å². The van der Waals surface area contributed by atoms with E-state index >= 15 is 0 Å². The van der Waals surface area contributed by atoms with E-state index in [-0.39, 0.29) is 12.0 Å². The molecule has 1 N–H and O–H groups in total. The van der Waals surface area contributed by atoms with E-state index in [0.29, 0.717) is 17.5 Å². The maximum Gasteiger partial charge on any atom is 0.146 e. The first-order chi connectivity index (χ1) is 13.2. The van der Waals surface area contributed by atoms with Crippen molar-refractivity contribution in [3.8, 4) is 5.75 Å². The van der Waals surface area contributed by atoms with E-state index in [1.807, 2.05) is 18.2 Å². The number of nitrogens with one attached hydrogen (secondary N) is 1. The number of benzene rings is 2.